The quantitative estimate of drug-likeness (QED) is 0.882. The van der Waals surface area contributed by atoms with E-state index in [9.17, 15) is 9.59 Å². The average molecular weight is 367 g/mol. The number of carbonyl (C=O) groups excluding carboxylic acids is 2. The summed E-state index contributed by atoms with van der Waals surface area (Å²) in [5, 5.41) is 2.85. The van der Waals surface area contributed by atoms with Crippen LogP contribution in [-0.4, -0.2) is 31.4 Å². The maximum Gasteiger partial charge on any atom is 0.227 e. The number of nitrogens with zero attached hydrogens (tertiary/aromatic N) is 2. The first-order valence-corrected chi connectivity index (χ1v) is 9.66. The molecule has 2 aliphatic rings. The number of anilines is 2. The molecule has 4 rings (SSSR count). The van der Waals surface area contributed by atoms with Crippen LogP contribution in [0.15, 0.2) is 47.1 Å². The third-order valence-electron chi connectivity index (χ3n) is 5.40. The van der Waals surface area contributed by atoms with Crippen molar-refractivity contribution in [2.24, 2.45) is 5.92 Å². The van der Waals surface area contributed by atoms with Crippen LogP contribution in [0.4, 0.5) is 11.4 Å². The van der Waals surface area contributed by atoms with Crippen LogP contribution in [0.3, 0.4) is 0 Å². The van der Waals surface area contributed by atoms with Gasteiger partial charge in [-0.2, -0.15) is 0 Å². The molecule has 2 amide bonds. The lowest BCUT2D eigenvalue weighted by Crippen LogP contribution is -2.32. The van der Waals surface area contributed by atoms with Crippen LogP contribution in [0, 0.1) is 5.92 Å². The lowest BCUT2D eigenvalue weighted by Gasteiger charge is -2.29. The fraction of sp³-hybridized carbons (Fsp3) is 0.429. The third-order valence-corrected chi connectivity index (χ3v) is 5.40. The predicted molar refractivity (Wildman–Crippen MR) is 104 cm³/mol. The number of piperidine rings is 1. The Balaban J connectivity index is 1.36. The summed E-state index contributed by atoms with van der Waals surface area (Å²) in [5.41, 5.74) is 2.07. The van der Waals surface area contributed by atoms with E-state index in [1.54, 1.807) is 17.2 Å². The van der Waals surface area contributed by atoms with Gasteiger partial charge in [-0.3, -0.25) is 9.59 Å². The van der Waals surface area contributed by atoms with Crippen molar-refractivity contribution in [2.45, 2.75) is 32.2 Å². The molecule has 6 heteroatoms. The molecule has 0 saturated carbocycles. The van der Waals surface area contributed by atoms with E-state index in [4.69, 9.17) is 4.42 Å². The van der Waals surface area contributed by atoms with Crippen molar-refractivity contribution >= 4 is 23.2 Å². The summed E-state index contributed by atoms with van der Waals surface area (Å²) in [7, 11) is 0. The molecule has 2 aliphatic heterocycles. The van der Waals surface area contributed by atoms with Crippen molar-refractivity contribution < 1.29 is 14.0 Å². The molecule has 142 valence electrons. The highest BCUT2D eigenvalue weighted by Crippen LogP contribution is 2.28. The van der Waals surface area contributed by atoms with Gasteiger partial charge < -0.3 is 19.5 Å². The van der Waals surface area contributed by atoms with Gasteiger partial charge in [0.05, 0.1) is 18.7 Å². The summed E-state index contributed by atoms with van der Waals surface area (Å²) < 4.78 is 5.22. The minimum atomic E-state index is -0.325. The van der Waals surface area contributed by atoms with Crippen LogP contribution in [0.2, 0.25) is 0 Å². The molecule has 1 atom stereocenters. The Morgan fingerprint density at radius 1 is 1.07 bits per heavy atom. The number of hydrogen-bond acceptors (Lipinski definition) is 4. The lowest BCUT2D eigenvalue weighted by molar-refractivity contribution is -0.126. The molecule has 0 aliphatic carbocycles. The van der Waals surface area contributed by atoms with Crippen molar-refractivity contribution in [1.29, 1.82) is 0 Å². The Kier molecular flexibility index (Phi) is 5.14. The van der Waals surface area contributed by atoms with E-state index < -0.39 is 0 Å². The number of carbonyl (C=O) groups is 2. The standard InChI is InChI=1S/C21H25N3O3/c25-20-13-16(21(26)22-14-19-5-4-12-27-19)15-24(20)18-8-6-17(7-9-18)23-10-2-1-3-11-23/h4-9,12,16H,1-3,10-11,13-15H2,(H,22,26). The fourth-order valence-electron chi connectivity index (χ4n) is 3.86. The zero-order valence-electron chi connectivity index (χ0n) is 15.4. The van der Waals surface area contributed by atoms with Crippen molar-refractivity contribution in [3.8, 4) is 0 Å². The predicted octanol–water partition coefficient (Wildman–Crippen LogP) is 2.94. The van der Waals surface area contributed by atoms with E-state index in [1.165, 1.54) is 24.9 Å². The van der Waals surface area contributed by atoms with E-state index in [0.717, 1.165) is 18.8 Å². The van der Waals surface area contributed by atoms with Gasteiger partial charge in [-0.1, -0.05) is 0 Å². The van der Waals surface area contributed by atoms with Crippen molar-refractivity contribution in [2.75, 3.05) is 29.4 Å². The SMILES string of the molecule is O=C(NCc1ccco1)C1CC(=O)N(c2ccc(N3CCCCC3)cc2)C1. The molecule has 6 nitrogen and oxygen atoms in total. The average Bonchev–Trinajstić information content (AvgIpc) is 3.37. The Labute approximate surface area is 159 Å². The molecule has 1 N–H and O–H groups in total. The summed E-state index contributed by atoms with van der Waals surface area (Å²) in [6.07, 6.45) is 5.61. The lowest BCUT2D eigenvalue weighted by atomic mass is 10.1. The molecule has 1 unspecified atom stereocenters. The Bertz CT molecular complexity index is 780. The normalized spacial score (nSPS) is 20.1. The summed E-state index contributed by atoms with van der Waals surface area (Å²) in [6.45, 7) is 2.97. The second kappa shape index (κ2) is 7.86. The molecule has 3 heterocycles. The summed E-state index contributed by atoms with van der Waals surface area (Å²) in [6, 6.07) is 11.7. The van der Waals surface area contributed by atoms with Crippen LogP contribution in [-0.2, 0) is 16.1 Å². The molecule has 2 saturated heterocycles. The first-order valence-electron chi connectivity index (χ1n) is 9.66. The van der Waals surface area contributed by atoms with Crippen molar-refractivity contribution in [3.63, 3.8) is 0 Å². The van der Waals surface area contributed by atoms with Gasteiger partial charge in [0.2, 0.25) is 11.8 Å². The van der Waals surface area contributed by atoms with Gasteiger partial charge in [-0.05, 0) is 55.7 Å². The summed E-state index contributed by atoms with van der Waals surface area (Å²) >= 11 is 0. The van der Waals surface area contributed by atoms with E-state index >= 15 is 0 Å². The second-order valence-corrected chi connectivity index (χ2v) is 7.27. The highest BCUT2D eigenvalue weighted by atomic mass is 16.3. The number of rotatable bonds is 5. The smallest absolute Gasteiger partial charge is 0.227 e. The van der Waals surface area contributed by atoms with Crippen molar-refractivity contribution in [1.82, 2.24) is 5.32 Å². The van der Waals surface area contributed by atoms with Gasteiger partial charge in [-0.25, -0.2) is 0 Å². The summed E-state index contributed by atoms with van der Waals surface area (Å²) in [4.78, 5) is 28.9. The van der Waals surface area contributed by atoms with Crippen LogP contribution in [0.1, 0.15) is 31.4 Å². The molecule has 1 aromatic carbocycles. The molecule has 1 aromatic heterocycles. The molecule has 2 aromatic rings. The first-order chi connectivity index (χ1) is 13.2. The molecule has 2 fully saturated rings. The Morgan fingerprint density at radius 2 is 1.81 bits per heavy atom. The number of furan rings is 1. The van der Waals surface area contributed by atoms with Crippen LogP contribution < -0.4 is 15.1 Å². The molecule has 0 spiro atoms. The number of hydrogen-bond donors (Lipinski definition) is 1. The minimum Gasteiger partial charge on any atom is -0.467 e. The number of nitrogens with one attached hydrogen (secondary N) is 1. The largest absolute Gasteiger partial charge is 0.467 e. The monoisotopic (exact) mass is 367 g/mol. The van der Waals surface area contributed by atoms with E-state index in [0.29, 0.717) is 18.8 Å². The Hall–Kier alpha value is -2.76. The van der Waals surface area contributed by atoms with Gasteiger partial charge in [0.1, 0.15) is 5.76 Å². The fourth-order valence-corrected chi connectivity index (χ4v) is 3.86. The van der Waals surface area contributed by atoms with Crippen LogP contribution in [0.5, 0.6) is 0 Å². The number of amides is 2. The van der Waals surface area contributed by atoms with E-state index in [-0.39, 0.29) is 24.2 Å². The maximum absolute atomic E-state index is 12.4. The highest BCUT2D eigenvalue weighted by Gasteiger charge is 2.35. The Morgan fingerprint density at radius 3 is 2.52 bits per heavy atom. The summed E-state index contributed by atoms with van der Waals surface area (Å²) in [5.74, 6) is 0.276. The zero-order valence-corrected chi connectivity index (χ0v) is 15.4. The van der Waals surface area contributed by atoms with Crippen LogP contribution >= 0.6 is 0 Å². The van der Waals surface area contributed by atoms with Gasteiger partial charge in [0.25, 0.3) is 0 Å². The van der Waals surface area contributed by atoms with E-state index in [2.05, 4.69) is 22.3 Å². The maximum atomic E-state index is 12.4. The molecule has 27 heavy (non-hydrogen) atoms. The molecular weight excluding hydrogens is 342 g/mol. The van der Waals surface area contributed by atoms with E-state index in [1.807, 2.05) is 18.2 Å². The van der Waals surface area contributed by atoms with Crippen LogP contribution in [0.25, 0.3) is 0 Å². The third kappa shape index (κ3) is 3.99. The molecule has 0 radical (unpaired) electrons. The first kappa shape index (κ1) is 17.6. The molecule has 0 bridgehead atoms. The second-order valence-electron chi connectivity index (χ2n) is 7.27. The van der Waals surface area contributed by atoms with Gasteiger partial charge in [0, 0.05) is 37.4 Å². The van der Waals surface area contributed by atoms with Gasteiger partial charge >= 0.3 is 0 Å². The van der Waals surface area contributed by atoms with Crippen molar-refractivity contribution in [3.05, 3.63) is 48.4 Å². The minimum absolute atomic E-state index is 0.00105. The van der Waals surface area contributed by atoms with Gasteiger partial charge in [-0.15, -0.1) is 0 Å². The topological polar surface area (TPSA) is 65.8 Å². The highest BCUT2D eigenvalue weighted by molar-refractivity contribution is 6.00. The molecular formula is C21H25N3O3. The zero-order chi connectivity index (χ0) is 18.6. The number of benzene rings is 1. The van der Waals surface area contributed by atoms with Gasteiger partial charge in [0.15, 0.2) is 0 Å².